The average Bonchev–Trinajstić information content (AvgIpc) is 1.12. The van der Waals surface area contributed by atoms with Crippen molar-refractivity contribution in [3.63, 3.8) is 0 Å². The Morgan fingerprint density at radius 1 is 0.636 bits per heavy atom. The quantitative estimate of drug-likeness (QED) is 0.456. The highest BCUT2D eigenvalue weighted by Gasteiger charge is 2.04. The van der Waals surface area contributed by atoms with Crippen molar-refractivity contribution in [2.45, 2.75) is 39.3 Å². The summed E-state index contributed by atoms with van der Waals surface area (Å²) in [6.07, 6.45) is 0. The highest BCUT2D eigenvalue weighted by Crippen LogP contribution is 2.03. The van der Waals surface area contributed by atoms with E-state index in [-0.39, 0.29) is 5.48 Å². The molecule has 5 heteroatoms. The van der Waals surface area contributed by atoms with Crippen LogP contribution in [-0.4, -0.2) is 20.2 Å². The van der Waals surface area contributed by atoms with Gasteiger partial charge in [0.15, 0.2) is 0 Å². The van der Waals surface area contributed by atoms with Gasteiger partial charge in [0.25, 0.3) is 0 Å². The standard InChI is InChI=1S/2C3H9ClSi.H2O/c2*1-5(2,3)4;/h2*1-3H3;1H2. The third-order valence-electron chi connectivity index (χ3n) is 0. The first-order chi connectivity index (χ1) is 4.00. The van der Waals surface area contributed by atoms with E-state index in [0.717, 1.165) is 0 Å². The van der Waals surface area contributed by atoms with Crippen LogP contribution in [0.25, 0.3) is 0 Å². The first kappa shape index (κ1) is 17.9. The van der Waals surface area contributed by atoms with Gasteiger partial charge in [-0.15, -0.1) is 0 Å². The van der Waals surface area contributed by atoms with Gasteiger partial charge in [0.2, 0.25) is 0 Å². The average molecular weight is 235 g/mol. The molecule has 0 rings (SSSR count). The zero-order chi connectivity index (χ0) is 9.00. The van der Waals surface area contributed by atoms with Crippen LogP contribution in [0.1, 0.15) is 0 Å². The smallest absolute Gasteiger partial charge is 0.147 e. The lowest BCUT2D eigenvalue weighted by Crippen LogP contribution is -2.06. The third-order valence-corrected chi connectivity index (χ3v) is 0. The summed E-state index contributed by atoms with van der Waals surface area (Å²) in [5, 5.41) is 0. The lowest BCUT2D eigenvalue weighted by molar-refractivity contribution is 0.824. The van der Waals surface area contributed by atoms with Crippen LogP contribution in [0.4, 0.5) is 0 Å². The first-order valence-corrected chi connectivity index (χ1v) is 12.4. The topological polar surface area (TPSA) is 31.5 Å². The maximum absolute atomic E-state index is 5.67. The molecular weight excluding hydrogens is 215 g/mol. The molecule has 0 aliphatic rings. The first-order valence-electron chi connectivity index (χ1n) is 3.38. The highest BCUT2D eigenvalue weighted by molar-refractivity contribution is 7.18. The molecule has 0 saturated carbocycles. The summed E-state index contributed by atoms with van der Waals surface area (Å²) in [5.41, 5.74) is 0. The van der Waals surface area contributed by atoms with E-state index in [0.29, 0.717) is 0 Å². The van der Waals surface area contributed by atoms with Crippen LogP contribution in [0, 0.1) is 0 Å². The van der Waals surface area contributed by atoms with Gasteiger partial charge in [-0.1, -0.05) is 39.3 Å². The number of halogens is 2. The fraction of sp³-hybridized carbons (Fsp3) is 1.00. The second kappa shape index (κ2) is 6.49. The molecule has 72 valence electrons. The van der Waals surface area contributed by atoms with Crippen LogP contribution in [0.3, 0.4) is 0 Å². The molecule has 11 heavy (non-hydrogen) atoms. The van der Waals surface area contributed by atoms with E-state index < -0.39 is 14.8 Å². The summed E-state index contributed by atoms with van der Waals surface area (Å²) in [6.45, 7) is 12.6. The molecule has 0 atom stereocenters. The summed E-state index contributed by atoms with van der Waals surface area (Å²) >= 11 is 11.3. The lowest BCUT2D eigenvalue weighted by Gasteiger charge is -1.97. The van der Waals surface area contributed by atoms with Gasteiger partial charge < -0.3 is 5.48 Å². The molecule has 0 aromatic rings. The molecule has 0 aromatic heterocycles. The maximum Gasteiger partial charge on any atom is 0.147 e. The van der Waals surface area contributed by atoms with Crippen LogP contribution in [-0.2, 0) is 0 Å². The second-order valence-electron chi connectivity index (χ2n) is 4.13. The van der Waals surface area contributed by atoms with Crippen LogP contribution >= 0.6 is 22.2 Å². The summed E-state index contributed by atoms with van der Waals surface area (Å²) in [4.78, 5) is 0. The Hall–Kier alpha value is 0.974. The van der Waals surface area contributed by atoms with Crippen LogP contribution in [0.5, 0.6) is 0 Å². The summed E-state index contributed by atoms with van der Waals surface area (Å²) in [6, 6.07) is 0. The van der Waals surface area contributed by atoms with Crippen molar-refractivity contribution < 1.29 is 5.48 Å². The van der Waals surface area contributed by atoms with Crippen LogP contribution < -0.4 is 0 Å². The van der Waals surface area contributed by atoms with Crippen LogP contribution in [0.15, 0.2) is 0 Å². The van der Waals surface area contributed by atoms with E-state index in [9.17, 15) is 0 Å². The van der Waals surface area contributed by atoms with Crippen molar-refractivity contribution in [2.75, 3.05) is 0 Å². The Balaban J connectivity index is -0.000000107. The molecule has 0 fully saturated rings. The highest BCUT2D eigenvalue weighted by atomic mass is 35.6. The molecule has 0 aliphatic carbocycles. The van der Waals surface area contributed by atoms with E-state index in [1.54, 1.807) is 0 Å². The van der Waals surface area contributed by atoms with Crippen molar-refractivity contribution in [2.24, 2.45) is 0 Å². The van der Waals surface area contributed by atoms with E-state index in [4.69, 9.17) is 22.2 Å². The molecule has 0 amide bonds. The maximum atomic E-state index is 5.67. The molecular formula is C6H20Cl2OSi2. The lowest BCUT2D eigenvalue weighted by atomic mass is 11.8. The van der Waals surface area contributed by atoms with Gasteiger partial charge >= 0.3 is 0 Å². The summed E-state index contributed by atoms with van der Waals surface area (Å²) in [7, 11) is -2.28. The van der Waals surface area contributed by atoms with Crippen molar-refractivity contribution in [1.29, 1.82) is 0 Å². The van der Waals surface area contributed by atoms with Crippen molar-refractivity contribution >= 4 is 36.9 Å². The molecule has 1 nitrogen and oxygen atoms in total. The van der Waals surface area contributed by atoms with E-state index in [2.05, 4.69) is 39.3 Å². The molecule has 0 aliphatic heterocycles. The van der Waals surface area contributed by atoms with Gasteiger partial charge in [0.05, 0.1) is 0 Å². The molecule has 0 aromatic carbocycles. The second-order valence-corrected chi connectivity index (χ2v) is 19.2. The summed E-state index contributed by atoms with van der Waals surface area (Å²) < 4.78 is 0. The minimum atomic E-state index is -1.14. The molecule has 0 unspecified atom stereocenters. The Bertz CT molecular complexity index is 61.6. The normalized spacial score (nSPS) is 10.9. The minimum absolute atomic E-state index is 0. The SMILES string of the molecule is C[Si](C)(C)Cl.C[Si](C)(C)Cl.O. The molecule has 0 radical (unpaired) electrons. The van der Waals surface area contributed by atoms with E-state index in [1.807, 2.05) is 0 Å². The Morgan fingerprint density at radius 3 is 0.636 bits per heavy atom. The third kappa shape index (κ3) is 932. The van der Waals surface area contributed by atoms with Gasteiger partial charge in [-0.05, 0) is 0 Å². The largest absolute Gasteiger partial charge is 0.412 e. The predicted octanol–water partition coefficient (Wildman–Crippen LogP) is 3.30. The summed E-state index contributed by atoms with van der Waals surface area (Å²) in [5.74, 6) is 0. The van der Waals surface area contributed by atoms with Crippen molar-refractivity contribution in [1.82, 2.24) is 0 Å². The monoisotopic (exact) mass is 234 g/mol. The fourth-order valence-corrected chi connectivity index (χ4v) is 0. The van der Waals surface area contributed by atoms with E-state index in [1.165, 1.54) is 0 Å². The Labute approximate surface area is 81.8 Å². The minimum Gasteiger partial charge on any atom is -0.412 e. The van der Waals surface area contributed by atoms with Crippen molar-refractivity contribution in [3.05, 3.63) is 0 Å². The molecule has 2 N–H and O–H groups in total. The van der Waals surface area contributed by atoms with Gasteiger partial charge in [0, 0.05) is 0 Å². The van der Waals surface area contributed by atoms with Gasteiger partial charge in [-0.3, -0.25) is 0 Å². The van der Waals surface area contributed by atoms with E-state index >= 15 is 0 Å². The molecule has 0 spiro atoms. The zero-order valence-electron chi connectivity index (χ0n) is 8.26. The predicted molar refractivity (Wildman–Crippen MR) is 62.0 cm³/mol. The van der Waals surface area contributed by atoms with Gasteiger partial charge in [0.1, 0.15) is 14.8 Å². The zero-order valence-corrected chi connectivity index (χ0v) is 11.8. The van der Waals surface area contributed by atoms with Crippen molar-refractivity contribution in [3.8, 4) is 0 Å². The number of hydrogen-bond donors (Lipinski definition) is 0. The molecule has 0 heterocycles. The Morgan fingerprint density at radius 2 is 0.636 bits per heavy atom. The fourth-order valence-electron chi connectivity index (χ4n) is 0. The van der Waals surface area contributed by atoms with Gasteiger partial charge in [-0.2, -0.15) is 22.2 Å². The number of hydrogen-bond acceptors (Lipinski definition) is 0. The Kier molecular flexibility index (Phi) is 10.6. The molecule has 0 saturated heterocycles. The van der Waals surface area contributed by atoms with Crippen LogP contribution in [0.2, 0.25) is 39.3 Å². The number of rotatable bonds is 0. The molecule has 0 bridgehead atoms. The van der Waals surface area contributed by atoms with Gasteiger partial charge in [-0.25, -0.2) is 0 Å².